The van der Waals surface area contributed by atoms with E-state index in [1.165, 1.54) is 0 Å². The van der Waals surface area contributed by atoms with E-state index in [1.807, 2.05) is 31.2 Å². The van der Waals surface area contributed by atoms with Gasteiger partial charge in [0.2, 0.25) is 0 Å². The van der Waals surface area contributed by atoms with Gasteiger partial charge in [-0.05, 0) is 42.3 Å². The summed E-state index contributed by atoms with van der Waals surface area (Å²) in [5.74, 6) is 5.40. The van der Waals surface area contributed by atoms with Gasteiger partial charge in [-0.1, -0.05) is 29.8 Å². The zero-order chi connectivity index (χ0) is 14.5. The minimum absolute atomic E-state index is 0.320. The molecular formula is C15H15ClN2O2. The molecule has 0 aromatic heterocycles. The molecule has 0 aliphatic rings. The number of hydrogen-bond donors (Lipinski definition) is 2. The van der Waals surface area contributed by atoms with E-state index in [0.29, 0.717) is 22.9 Å². The molecule has 20 heavy (non-hydrogen) atoms. The fourth-order valence-electron chi connectivity index (χ4n) is 1.72. The highest BCUT2D eigenvalue weighted by Gasteiger charge is 2.05. The number of hydrogen-bond acceptors (Lipinski definition) is 3. The van der Waals surface area contributed by atoms with Crippen LogP contribution in [-0.4, -0.2) is 5.91 Å². The molecular weight excluding hydrogens is 276 g/mol. The second kappa shape index (κ2) is 6.41. The SMILES string of the molecule is Cc1ccc(Cl)c(OCc2ccc(C(=O)NN)cc2)c1. The third-order valence-corrected chi connectivity index (χ3v) is 3.14. The summed E-state index contributed by atoms with van der Waals surface area (Å²) >= 11 is 6.06. The second-order valence-electron chi connectivity index (χ2n) is 4.39. The maximum absolute atomic E-state index is 11.3. The molecule has 4 nitrogen and oxygen atoms in total. The minimum atomic E-state index is -0.320. The number of aryl methyl sites for hydroxylation is 1. The number of carbonyl (C=O) groups excluding carboxylic acids is 1. The molecule has 2 rings (SSSR count). The molecule has 0 bridgehead atoms. The van der Waals surface area contributed by atoms with Gasteiger partial charge < -0.3 is 4.74 Å². The summed E-state index contributed by atoms with van der Waals surface area (Å²) in [5.41, 5.74) is 4.61. The standard InChI is InChI=1S/C15H15ClN2O2/c1-10-2-7-13(16)14(8-10)20-9-11-3-5-12(6-4-11)15(19)18-17/h2-8H,9,17H2,1H3,(H,18,19). The summed E-state index contributed by atoms with van der Waals surface area (Å²) in [6, 6.07) is 12.6. The second-order valence-corrected chi connectivity index (χ2v) is 4.80. The van der Waals surface area contributed by atoms with Crippen molar-refractivity contribution in [2.24, 2.45) is 5.84 Å². The van der Waals surface area contributed by atoms with E-state index in [9.17, 15) is 4.79 Å². The number of carbonyl (C=O) groups is 1. The lowest BCUT2D eigenvalue weighted by molar-refractivity contribution is 0.0953. The van der Waals surface area contributed by atoms with Gasteiger partial charge in [-0.25, -0.2) is 5.84 Å². The monoisotopic (exact) mass is 290 g/mol. The molecule has 3 N–H and O–H groups in total. The Balaban J connectivity index is 2.04. The Bertz CT molecular complexity index is 612. The fraction of sp³-hybridized carbons (Fsp3) is 0.133. The van der Waals surface area contributed by atoms with Crippen molar-refractivity contribution in [3.05, 3.63) is 64.2 Å². The molecule has 0 fully saturated rings. The first-order valence-electron chi connectivity index (χ1n) is 6.09. The van der Waals surface area contributed by atoms with E-state index < -0.39 is 0 Å². The van der Waals surface area contributed by atoms with Gasteiger partial charge in [0.15, 0.2) is 0 Å². The largest absolute Gasteiger partial charge is 0.487 e. The van der Waals surface area contributed by atoms with Crippen LogP contribution in [0, 0.1) is 6.92 Å². The number of rotatable bonds is 4. The lowest BCUT2D eigenvalue weighted by Gasteiger charge is -2.09. The fourth-order valence-corrected chi connectivity index (χ4v) is 1.89. The molecule has 0 saturated carbocycles. The average molecular weight is 291 g/mol. The zero-order valence-electron chi connectivity index (χ0n) is 11.0. The van der Waals surface area contributed by atoms with E-state index >= 15 is 0 Å². The van der Waals surface area contributed by atoms with Crippen LogP contribution < -0.4 is 16.0 Å². The van der Waals surface area contributed by atoms with E-state index in [4.69, 9.17) is 22.2 Å². The minimum Gasteiger partial charge on any atom is -0.487 e. The molecule has 0 atom stereocenters. The first-order chi connectivity index (χ1) is 9.60. The third kappa shape index (κ3) is 3.50. The molecule has 1 amide bonds. The van der Waals surface area contributed by atoms with Gasteiger partial charge in [-0.3, -0.25) is 10.2 Å². The predicted octanol–water partition coefficient (Wildman–Crippen LogP) is 2.83. The van der Waals surface area contributed by atoms with Crippen molar-refractivity contribution in [3.8, 4) is 5.75 Å². The van der Waals surface area contributed by atoms with Crippen LogP contribution in [0.4, 0.5) is 0 Å². The summed E-state index contributed by atoms with van der Waals surface area (Å²) in [4.78, 5) is 11.3. The van der Waals surface area contributed by atoms with Crippen LogP contribution >= 0.6 is 11.6 Å². The molecule has 2 aromatic rings. The Morgan fingerprint density at radius 2 is 1.95 bits per heavy atom. The van der Waals surface area contributed by atoms with Gasteiger partial charge in [-0.15, -0.1) is 0 Å². The number of nitrogens with two attached hydrogens (primary N) is 1. The maximum Gasteiger partial charge on any atom is 0.265 e. The van der Waals surface area contributed by atoms with Crippen molar-refractivity contribution in [2.75, 3.05) is 0 Å². The van der Waals surface area contributed by atoms with Crippen molar-refractivity contribution in [1.82, 2.24) is 5.43 Å². The molecule has 0 radical (unpaired) electrons. The van der Waals surface area contributed by atoms with Gasteiger partial charge in [0, 0.05) is 5.56 Å². The lowest BCUT2D eigenvalue weighted by atomic mass is 10.1. The summed E-state index contributed by atoms with van der Waals surface area (Å²) < 4.78 is 5.67. The van der Waals surface area contributed by atoms with Crippen LogP contribution in [-0.2, 0) is 6.61 Å². The highest BCUT2D eigenvalue weighted by Crippen LogP contribution is 2.26. The maximum atomic E-state index is 11.3. The molecule has 2 aromatic carbocycles. The predicted molar refractivity (Wildman–Crippen MR) is 78.6 cm³/mol. The molecule has 0 heterocycles. The summed E-state index contributed by atoms with van der Waals surface area (Å²) in [5, 5.41) is 0.578. The van der Waals surface area contributed by atoms with E-state index in [2.05, 4.69) is 5.43 Å². The molecule has 5 heteroatoms. The molecule has 0 aliphatic heterocycles. The Labute approximate surface area is 122 Å². The molecule has 0 spiro atoms. The van der Waals surface area contributed by atoms with Crippen molar-refractivity contribution in [1.29, 1.82) is 0 Å². The highest BCUT2D eigenvalue weighted by atomic mass is 35.5. The van der Waals surface area contributed by atoms with Crippen LogP contribution in [0.15, 0.2) is 42.5 Å². The van der Waals surface area contributed by atoms with E-state index in [1.54, 1.807) is 18.2 Å². The Morgan fingerprint density at radius 1 is 1.25 bits per heavy atom. The summed E-state index contributed by atoms with van der Waals surface area (Å²) in [6.07, 6.45) is 0. The van der Waals surface area contributed by atoms with Crippen LogP contribution in [0.25, 0.3) is 0 Å². The molecule has 0 saturated heterocycles. The average Bonchev–Trinajstić information content (AvgIpc) is 2.48. The van der Waals surface area contributed by atoms with Crippen molar-refractivity contribution >= 4 is 17.5 Å². The Kier molecular flexibility index (Phi) is 4.61. The topological polar surface area (TPSA) is 64.3 Å². The van der Waals surface area contributed by atoms with Gasteiger partial charge in [0.1, 0.15) is 12.4 Å². The first kappa shape index (κ1) is 14.4. The number of benzene rings is 2. The normalized spacial score (nSPS) is 10.2. The molecule has 0 unspecified atom stereocenters. The smallest absolute Gasteiger partial charge is 0.265 e. The number of hydrazine groups is 1. The van der Waals surface area contributed by atoms with Crippen LogP contribution in [0.5, 0.6) is 5.75 Å². The van der Waals surface area contributed by atoms with Crippen LogP contribution in [0.1, 0.15) is 21.5 Å². The highest BCUT2D eigenvalue weighted by molar-refractivity contribution is 6.32. The zero-order valence-corrected chi connectivity index (χ0v) is 11.8. The van der Waals surface area contributed by atoms with Gasteiger partial charge in [0.05, 0.1) is 5.02 Å². The van der Waals surface area contributed by atoms with Crippen molar-refractivity contribution in [2.45, 2.75) is 13.5 Å². The van der Waals surface area contributed by atoms with Gasteiger partial charge in [-0.2, -0.15) is 0 Å². The number of nitrogen functional groups attached to an aromatic ring is 1. The first-order valence-corrected chi connectivity index (χ1v) is 6.47. The van der Waals surface area contributed by atoms with Crippen molar-refractivity contribution < 1.29 is 9.53 Å². The third-order valence-electron chi connectivity index (χ3n) is 2.83. The van der Waals surface area contributed by atoms with Gasteiger partial charge >= 0.3 is 0 Å². The summed E-state index contributed by atoms with van der Waals surface area (Å²) in [6.45, 7) is 2.36. The molecule has 104 valence electrons. The lowest BCUT2D eigenvalue weighted by Crippen LogP contribution is -2.29. The Hall–Kier alpha value is -2.04. The van der Waals surface area contributed by atoms with Crippen LogP contribution in [0.2, 0.25) is 5.02 Å². The van der Waals surface area contributed by atoms with E-state index in [0.717, 1.165) is 11.1 Å². The number of nitrogens with one attached hydrogen (secondary N) is 1. The van der Waals surface area contributed by atoms with Crippen LogP contribution in [0.3, 0.4) is 0 Å². The number of halogens is 1. The number of amides is 1. The quantitative estimate of drug-likeness (QED) is 0.517. The summed E-state index contributed by atoms with van der Waals surface area (Å²) in [7, 11) is 0. The Morgan fingerprint density at radius 3 is 2.60 bits per heavy atom. The number of ether oxygens (including phenoxy) is 1. The van der Waals surface area contributed by atoms with Crippen molar-refractivity contribution in [3.63, 3.8) is 0 Å². The van der Waals surface area contributed by atoms with Gasteiger partial charge in [0.25, 0.3) is 5.91 Å². The van der Waals surface area contributed by atoms with E-state index in [-0.39, 0.29) is 5.91 Å². The molecule has 0 aliphatic carbocycles.